The molecule has 3 aromatic rings. The first-order chi connectivity index (χ1) is 16.8. The summed E-state index contributed by atoms with van der Waals surface area (Å²) in [5.74, 6) is 5.92. The Morgan fingerprint density at radius 2 is 1.74 bits per heavy atom. The molecule has 2 heterocycles. The van der Waals surface area contributed by atoms with E-state index in [1.807, 2.05) is 24.3 Å². The lowest BCUT2D eigenvalue weighted by Crippen LogP contribution is -2.55. The fourth-order valence-corrected chi connectivity index (χ4v) is 4.23. The van der Waals surface area contributed by atoms with Gasteiger partial charge in [0.15, 0.2) is 0 Å². The first kappa shape index (κ1) is 25.1. The van der Waals surface area contributed by atoms with E-state index in [2.05, 4.69) is 11.8 Å². The van der Waals surface area contributed by atoms with E-state index < -0.39 is 37.1 Å². The highest BCUT2D eigenvalue weighted by molar-refractivity contribution is 6.31. The topological polar surface area (TPSA) is 112 Å². The van der Waals surface area contributed by atoms with Crippen LogP contribution in [0.4, 0.5) is 0 Å². The minimum absolute atomic E-state index is 0.148. The van der Waals surface area contributed by atoms with Crippen LogP contribution in [0.1, 0.15) is 33.9 Å². The number of nitrogens with zero attached hydrogens (tertiary/aromatic N) is 1. The van der Waals surface area contributed by atoms with Gasteiger partial charge in [-0.15, -0.1) is 0 Å². The molecule has 8 heteroatoms. The normalized spacial score (nSPS) is 24.0. The van der Waals surface area contributed by atoms with Gasteiger partial charge in [-0.1, -0.05) is 47.7 Å². The monoisotopic (exact) mass is 495 g/mol. The van der Waals surface area contributed by atoms with Gasteiger partial charge < -0.3 is 29.7 Å². The zero-order valence-electron chi connectivity index (χ0n) is 19.0. The lowest BCUT2D eigenvalue weighted by molar-refractivity contribution is -0.231. The van der Waals surface area contributed by atoms with Crippen molar-refractivity contribution in [2.24, 2.45) is 7.05 Å². The average Bonchev–Trinajstić information content (AvgIpc) is 2.86. The number of aliphatic hydroxyl groups excluding tert-OH is 4. The Hall–Kier alpha value is -2.96. The van der Waals surface area contributed by atoms with E-state index in [1.165, 1.54) is 4.57 Å². The van der Waals surface area contributed by atoms with Gasteiger partial charge in [0, 0.05) is 23.8 Å². The van der Waals surface area contributed by atoms with Crippen LogP contribution in [0.5, 0.6) is 0 Å². The van der Waals surface area contributed by atoms with Gasteiger partial charge in [0.05, 0.1) is 12.2 Å². The second kappa shape index (κ2) is 10.8. The highest BCUT2D eigenvalue weighted by atomic mass is 35.5. The van der Waals surface area contributed by atoms with Gasteiger partial charge in [0.1, 0.15) is 30.5 Å². The summed E-state index contributed by atoms with van der Waals surface area (Å²) in [6, 6.07) is 16.2. The Balaban J connectivity index is 1.52. The van der Waals surface area contributed by atoms with Crippen molar-refractivity contribution in [3.63, 3.8) is 0 Å². The van der Waals surface area contributed by atoms with Gasteiger partial charge in [-0.05, 0) is 53.4 Å². The van der Waals surface area contributed by atoms with E-state index in [0.29, 0.717) is 22.6 Å². The smallest absolute Gasteiger partial charge is 0.266 e. The van der Waals surface area contributed by atoms with E-state index in [4.69, 9.17) is 16.3 Å². The largest absolute Gasteiger partial charge is 0.394 e. The Labute approximate surface area is 207 Å². The van der Waals surface area contributed by atoms with E-state index in [0.717, 1.165) is 16.7 Å². The average molecular weight is 496 g/mol. The molecule has 5 atom stereocenters. The molecule has 1 aromatic heterocycles. The van der Waals surface area contributed by atoms with Crippen LogP contribution in [0, 0.1) is 11.8 Å². The van der Waals surface area contributed by atoms with Crippen molar-refractivity contribution in [1.82, 2.24) is 4.57 Å². The van der Waals surface area contributed by atoms with Crippen LogP contribution in [-0.2, 0) is 18.2 Å². The zero-order chi connectivity index (χ0) is 25.1. The van der Waals surface area contributed by atoms with Crippen molar-refractivity contribution in [1.29, 1.82) is 0 Å². The number of halogens is 1. The van der Waals surface area contributed by atoms with Gasteiger partial charge in [-0.2, -0.15) is 0 Å². The van der Waals surface area contributed by atoms with Crippen LogP contribution in [0.15, 0.2) is 65.6 Å². The molecule has 0 saturated carbocycles. The van der Waals surface area contributed by atoms with Crippen molar-refractivity contribution in [3.8, 4) is 11.8 Å². The first-order valence-electron chi connectivity index (χ1n) is 11.1. The van der Waals surface area contributed by atoms with Gasteiger partial charge in [0.25, 0.3) is 5.56 Å². The molecule has 0 spiro atoms. The van der Waals surface area contributed by atoms with E-state index in [9.17, 15) is 25.2 Å². The second-order valence-electron chi connectivity index (χ2n) is 8.56. The van der Waals surface area contributed by atoms with E-state index in [-0.39, 0.29) is 5.56 Å². The number of ether oxygens (including phenoxy) is 1. The summed E-state index contributed by atoms with van der Waals surface area (Å²) in [7, 11) is 1.68. The quantitative estimate of drug-likeness (QED) is 0.409. The molecule has 1 aliphatic heterocycles. The minimum Gasteiger partial charge on any atom is -0.394 e. The molecular weight excluding hydrogens is 470 g/mol. The molecule has 4 N–H and O–H groups in total. The van der Waals surface area contributed by atoms with Crippen molar-refractivity contribution >= 4 is 11.6 Å². The van der Waals surface area contributed by atoms with Crippen LogP contribution in [0.25, 0.3) is 0 Å². The molecule has 7 nitrogen and oxygen atoms in total. The Morgan fingerprint density at radius 1 is 1.00 bits per heavy atom. The molecule has 2 aromatic carbocycles. The van der Waals surface area contributed by atoms with E-state index >= 15 is 0 Å². The fraction of sp³-hybridized carbons (Fsp3) is 0.296. The summed E-state index contributed by atoms with van der Waals surface area (Å²) in [5.41, 5.74) is 3.38. The maximum Gasteiger partial charge on any atom is 0.266 e. The summed E-state index contributed by atoms with van der Waals surface area (Å²) in [5, 5.41) is 40.6. The molecule has 1 saturated heterocycles. The Bertz CT molecular complexity index is 1310. The molecule has 1 fully saturated rings. The Morgan fingerprint density at radius 3 is 2.46 bits per heavy atom. The highest BCUT2D eigenvalue weighted by Gasteiger charge is 2.44. The maximum absolute atomic E-state index is 12.1. The number of aryl methyl sites for hydroxylation is 1. The van der Waals surface area contributed by atoms with Crippen LogP contribution in [0.2, 0.25) is 5.02 Å². The SMILES string of the molecule is Cn1cccc(C#Cc2ccc(Cc3cc([C@@H]4O[C@H](CO)[C@@H](O)[C@H](O)[C@H]4O)ccc3Cl)cc2)c1=O. The third-order valence-corrected chi connectivity index (χ3v) is 6.47. The van der Waals surface area contributed by atoms with E-state index in [1.54, 1.807) is 43.6 Å². The molecule has 0 radical (unpaired) electrons. The van der Waals surface area contributed by atoms with Gasteiger partial charge >= 0.3 is 0 Å². The summed E-state index contributed by atoms with van der Waals surface area (Å²) >= 11 is 6.42. The summed E-state index contributed by atoms with van der Waals surface area (Å²) in [6.45, 7) is -0.490. The lowest BCUT2D eigenvalue weighted by atomic mass is 9.90. The molecule has 0 amide bonds. The molecule has 0 bridgehead atoms. The van der Waals surface area contributed by atoms with Crippen molar-refractivity contribution < 1.29 is 25.2 Å². The number of aliphatic hydroxyl groups is 4. The summed E-state index contributed by atoms with van der Waals surface area (Å²) in [4.78, 5) is 12.1. The number of aromatic nitrogens is 1. The number of hydrogen-bond acceptors (Lipinski definition) is 6. The third-order valence-electron chi connectivity index (χ3n) is 6.10. The van der Waals surface area contributed by atoms with Crippen LogP contribution < -0.4 is 5.56 Å². The first-order valence-corrected chi connectivity index (χ1v) is 11.5. The predicted octanol–water partition coefficient (Wildman–Crippen LogP) is 1.54. The molecule has 0 aliphatic carbocycles. The maximum atomic E-state index is 12.1. The fourth-order valence-electron chi connectivity index (χ4n) is 4.04. The van der Waals surface area contributed by atoms with Gasteiger partial charge in [0.2, 0.25) is 0 Å². The molecule has 1 aliphatic rings. The number of pyridine rings is 1. The number of rotatable bonds is 4. The summed E-state index contributed by atoms with van der Waals surface area (Å²) in [6.07, 6.45) is -3.95. The van der Waals surface area contributed by atoms with Crippen molar-refractivity contribution in [2.45, 2.75) is 36.9 Å². The molecule has 0 unspecified atom stereocenters. The highest BCUT2D eigenvalue weighted by Crippen LogP contribution is 2.34. The van der Waals surface area contributed by atoms with Crippen LogP contribution in [0.3, 0.4) is 0 Å². The van der Waals surface area contributed by atoms with Crippen molar-refractivity contribution in [2.75, 3.05) is 6.61 Å². The van der Waals surface area contributed by atoms with Crippen molar-refractivity contribution in [3.05, 3.63) is 104 Å². The van der Waals surface area contributed by atoms with Gasteiger partial charge in [-0.3, -0.25) is 4.79 Å². The van der Waals surface area contributed by atoms with Gasteiger partial charge in [-0.25, -0.2) is 0 Å². The standard InChI is InChI=1S/C27H26ClNO6/c1-29-12-2-3-18(27(29)34)9-8-16-4-6-17(7-5-16)13-20-14-19(10-11-21(20)28)26-25(33)24(32)23(31)22(15-30)35-26/h2-7,10-12,14,22-26,30-33H,13,15H2,1H3/t22-,23-,24+,25-,26+/m1/s1. The predicted molar refractivity (Wildman–Crippen MR) is 131 cm³/mol. The molecule has 182 valence electrons. The number of benzene rings is 2. The minimum atomic E-state index is -1.45. The molecule has 4 rings (SSSR count). The number of hydrogen-bond donors (Lipinski definition) is 4. The third kappa shape index (κ3) is 5.49. The lowest BCUT2D eigenvalue weighted by Gasteiger charge is -2.40. The molecule has 35 heavy (non-hydrogen) atoms. The van der Waals surface area contributed by atoms with Crippen LogP contribution >= 0.6 is 11.6 Å². The second-order valence-corrected chi connectivity index (χ2v) is 8.97. The Kier molecular flexibility index (Phi) is 7.72. The van der Waals surface area contributed by atoms with Crippen LogP contribution in [-0.4, -0.2) is 56.0 Å². The zero-order valence-corrected chi connectivity index (χ0v) is 19.8. The summed E-state index contributed by atoms with van der Waals surface area (Å²) < 4.78 is 7.15. The molecular formula is C27H26ClNO6.